The van der Waals surface area contributed by atoms with E-state index in [9.17, 15) is 4.79 Å². The van der Waals surface area contributed by atoms with Crippen LogP contribution in [0.25, 0.3) is 0 Å². The van der Waals surface area contributed by atoms with E-state index in [-0.39, 0.29) is 18.0 Å². The van der Waals surface area contributed by atoms with Crippen LogP contribution in [0.3, 0.4) is 0 Å². The second kappa shape index (κ2) is 11.0. The summed E-state index contributed by atoms with van der Waals surface area (Å²) in [6, 6.07) is 0. The summed E-state index contributed by atoms with van der Waals surface area (Å²) in [5.41, 5.74) is 0.627. The predicted molar refractivity (Wildman–Crippen MR) is 82.0 cm³/mol. The highest BCUT2D eigenvalue weighted by Crippen LogP contribution is 2.46. The first-order valence-electron chi connectivity index (χ1n) is 6.89. The van der Waals surface area contributed by atoms with Crippen LogP contribution in [0.5, 0.6) is 0 Å². The molecular formula is C13H27N2O4P. The molecule has 0 aliphatic carbocycles. The van der Waals surface area contributed by atoms with Gasteiger partial charge in [-0.25, -0.2) is 0 Å². The molecule has 0 aromatic heterocycles. The minimum atomic E-state index is -1.20. The number of hydrazone groups is 1. The molecule has 0 saturated carbocycles. The van der Waals surface area contributed by atoms with Crippen LogP contribution in [-0.4, -0.2) is 56.3 Å². The third-order valence-corrected chi connectivity index (χ3v) is 4.36. The SMILES string of the molecule is CCOC(=O)CC(/C(C)=N/N(C)C)P(OCC)OCC. The second-order valence-electron chi connectivity index (χ2n) is 4.23. The summed E-state index contributed by atoms with van der Waals surface area (Å²) in [5.74, 6) is -0.252. The number of carbonyl (C=O) groups excluding carboxylic acids is 1. The van der Waals surface area contributed by atoms with Gasteiger partial charge in [0.15, 0.2) is 8.38 Å². The van der Waals surface area contributed by atoms with E-state index in [2.05, 4.69) is 5.10 Å². The van der Waals surface area contributed by atoms with E-state index in [0.29, 0.717) is 19.8 Å². The minimum Gasteiger partial charge on any atom is -0.466 e. The monoisotopic (exact) mass is 306 g/mol. The summed E-state index contributed by atoms with van der Waals surface area (Å²) < 4.78 is 16.3. The van der Waals surface area contributed by atoms with Crippen LogP contribution in [0.4, 0.5) is 0 Å². The largest absolute Gasteiger partial charge is 0.466 e. The lowest BCUT2D eigenvalue weighted by atomic mass is 10.2. The number of carbonyl (C=O) groups is 1. The van der Waals surface area contributed by atoms with Gasteiger partial charge >= 0.3 is 5.97 Å². The molecule has 118 valence electrons. The summed E-state index contributed by atoms with van der Waals surface area (Å²) in [7, 11) is 2.49. The van der Waals surface area contributed by atoms with Crippen molar-refractivity contribution in [2.75, 3.05) is 33.9 Å². The topological polar surface area (TPSA) is 60.4 Å². The molecule has 7 heteroatoms. The van der Waals surface area contributed by atoms with Gasteiger partial charge in [-0.1, -0.05) is 0 Å². The van der Waals surface area contributed by atoms with Gasteiger partial charge in [0.1, 0.15) is 0 Å². The maximum atomic E-state index is 11.8. The summed E-state index contributed by atoms with van der Waals surface area (Å²) in [6.07, 6.45) is 0.225. The first kappa shape index (κ1) is 19.3. The van der Waals surface area contributed by atoms with Crippen molar-refractivity contribution in [2.45, 2.75) is 39.8 Å². The maximum Gasteiger partial charge on any atom is 0.306 e. The van der Waals surface area contributed by atoms with Gasteiger partial charge < -0.3 is 18.8 Å². The van der Waals surface area contributed by atoms with Gasteiger partial charge in [0.25, 0.3) is 0 Å². The summed E-state index contributed by atoms with van der Waals surface area (Å²) in [4.78, 5) is 11.8. The Balaban J connectivity index is 5.04. The molecule has 0 aliphatic heterocycles. The van der Waals surface area contributed by atoms with E-state index in [0.717, 1.165) is 5.71 Å². The van der Waals surface area contributed by atoms with Crippen molar-refractivity contribution in [3.05, 3.63) is 0 Å². The Morgan fingerprint density at radius 3 is 2.10 bits per heavy atom. The van der Waals surface area contributed by atoms with Crippen molar-refractivity contribution in [1.82, 2.24) is 5.01 Å². The first-order valence-corrected chi connectivity index (χ1v) is 8.13. The number of hydrogen-bond donors (Lipinski definition) is 0. The highest BCUT2D eigenvalue weighted by molar-refractivity contribution is 7.49. The third-order valence-electron chi connectivity index (χ3n) is 2.27. The Morgan fingerprint density at radius 2 is 1.70 bits per heavy atom. The normalized spacial score (nSPS) is 13.4. The van der Waals surface area contributed by atoms with Crippen molar-refractivity contribution < 1.29 is 18.6 Å². The van der Waals surface area contributed by atoms with Crippen molar-refractivity contribution in [3.8, 4) is 0 Å². The summed E-state index contributed by atoms with van der Waals surface area (Å²) in [5, 5.41) is 6.08. The smallest absolute Gasteiger partial charge is 0.306 e. The fraction of sp³-hybridized carbons (Fsp3) is 0.846. The number of rotatable bonds is 10. The lowest BCUT2D eigenvalue weighted by Crippen LogP contribution is -2.25. The molecule has 0 saturated heterocycles. The molecule has 0 heterocycles. The standard InChI is InChI=1S/C13H27N2O4P/c1-7-17-13(16)10-12(11(4)14-15(5)6)20(18-8-2)19-9-3/h12H,7-10H2,1-6H3/b14-11+. The molecule has 0 aromatic carbocycles. The Morgan fingerprint density at radius 1 is 1.15 bits per heavy atom. The average molecular weight is 306 g/mol. The molecule has 0 bridgehead atoms. The summed E-state index contributed by atoms with van der Waals surface area (Å²) in [6.45, 7) is 8.96. The van der Waals surface area contributed by atoms with Gasteiger partial charge in [-0.05, 0) is 27.7 Å². The zero-order valence-electron chi connectivity index (χ0n) is 13.4. The van der Waals surface area contributed by atoms with Crippen molar-refractivity contribution in [3.63, 3.8) is 0 Å². The van der Waals surface area contributed by atoms with Gasteiger partial charge in [0.2, 0.25) is 0 Å². The number of esters is 1. The van der Waals surface area contributed by atoms with E-state index in [1.165, 1.54) is 0 Å². The molecule has 20 heavy (non-hydrogen) atoms. The molecular weight excluding hydrogens is 279 g/mol. The van der Waals surface area contributed by atoms with Gasteiger partial charge in [-0.15, -0.1) is 0 Å². The zero-order valence-corrected chi connectivity index (χ0v) is 14.3. The maximum absolute atomic E-state index is 11.8. The Kier molecular flexibility index (Phi) is 10.6. The van der Waals surface area contributed by atoms with Crippen LogP contribution >= 0.6 is 8.38 Å². The Bertz CT molecular complexity index is 305. The van der Waals surface area contributed by atoms with Crippen LogP contribution in [0, 0.1) is 0 Å². The molecule has 0 aromatic rings. The molecule has 0 radical (unpaired) electrons. The fourth-order valence-electron chi connectivity index (χ4n) is 1.61. The van der Waals surface area contributed by atoms with Crippen molar-refractivity contribution in [1.29, 1.82) is 0 Å². The predicted octanol–water partition coefficient (Wildman–Crippen LogP) is 2.63. The minimum absolute atomic E-state index is 0.189. The molecule has 0 aliphatic rings. The first-order chi connectivity index (χ1) is 9.46. The number of hydrogen-bond acceptors (Lipinski definition) is 6. The van der Waals surface area contributed by atoms with Gasteiger partial charge in [0.05, 0.1) is 31.9 Å². The van der Waals surface area contributed by atoms with Gasteiger partial charge in [-0.2, -0.15) is 5.10 Å². The molecule has 6 nitrogen and oxygen atoms in total. The zero-order chi connectivity index (χ0) is 15.5. The van der Waals surface area contributed by atoms with Crippen molar-refractivity contribution >= 4 is 20.1 Å². The third kappa shape index (κ3) is 7.78. The number of ether oxygens (including phenoxy) is 1. The fourth-order valence-corrected chi connectivity index (χ4v) is 3.20. The van der Waals surface area contributed by atoms with Crippen LogP contribution in [0.1, 0.15) is 34.1 Å². The second-order valence-corrected chi connectivity index (χ2v) is 5.94. The van der Waals surface area contributed by atoms with Crippen molar-refractivity contribution in [2.24, 2.45) is 5.10 Å². The molecule has 0 N–H and O–H groups in total. The lowest BCUT2D eigenvalue weighted by Gasteiger charge is -2.25. The summed E-state index contributed by atoms with van der Waals surface area (Å²) >= 11 is 0. The molecule has 1 unspecified atom stereocenters. The highest BCUT2D eigenvalue weighted by Gasteiger charge is 2.30. The molecule has 0 amide bonds. The van der Waals surface area contributed by atoms with Crippen LogP contribution in [0.15, 0.2) is 5.10 Å². The van der Waals surface area contributed by atoms with E-state index in [4.69, 9.17) is 13.8 Å². The van der Waals surface area contributed by atoms with E-state index in [1.807, 2.05) is 34.9 Å². The van der Waals surface area contributed by atoms with E-state index < -0.39 is 8.38 Å². The molecule has 1 atom stereocenters. The number of nitrogens with zero attached hydrogens (tertiary/aromatic N) is 2. The van der Waals surface area contributed by atoms with E-state index >= 15 is 0 Å². The highest BCUT2D eigenvalue weighted by atomic mass is 31.2. The molecule has 0 spiro atoms. The van der Waals surface area contributed by atoms with Gasteiger partial charge in [0, 0.05) is 19.8 Å². The van der Waals surface area contributed by atoms with Crippen LogP contribution in [-0.2, 0) is 18.6 Å². The molecule has 0 fully saturated rings. The van der Waals surface area contributed by atoms with Crippen LogP contribution < -0.4 is 0 Å². The molecule has 0 rings (SSSR count). The van der Waals surface area contributed by atoms with E-state index in [1.54, 1.807) is 11.9 Å². The Hall–Kier alpha value is -0.710. The van der Waals surface area contributed by atoms with Gasteiger partial charge in [-0.3, -0.25) is 4.79 Å². The Labute approximate surface area is 123 Å². The van der Waals surface area contributed by atoms with Crippen LogP contribution in [0.2, 0.25) is 0 Å². The lowest BCUT2D eigenvalue weighted by molar-refractivity contribution is -0.142. The quantitative estimate of drug-likeness (QED) is 0.269. The average Bonchev–Trinajstić information content (AvgIpc) is 2.35.